The van der Waals surface area contributed by atoms with Gasteiger partial charge in [0.25, 0.3) is 0 Å². The summed E-state index contributed by atoms with van der Waals surface area (Å²) in [4.78, 5) is 0. The molecule has 0 fully saturated rings. The van der Waals surface area contributed by atoms with Crippen molar-refractivity contribution in [3.8, 4) is 11.1 Å². The second kappa shape index (κ2) is 4.49. The first-order valence-electron chi connectivity index (χ1n) is 7.22. The van der Waals surface area contributed by atoms with Crippen molar-refractivity contribution in [2.75, 3.05) is 0 Å². The average molecular weight is 272 g/mol. The number of hydrogen-bond acceptors (Lipinski definition) is 1. The second-order valence-corrected chi connectivity index (χ2v) is 5.56. The molecular formula is C20H16O. The number of aryl methyl sites for hydroxylation is 1. The van der Waals surface area contributed by atoms with E-state index in [0.717, 1.165) is 11.2 Å². The van der Waals surface area contributed by atoms with E-state index in [9.17, 15) is 0 Å². The summed E-state index contributed by atoms with van der Waals surface area (Å²) in [7, 11) is 0. The molecule has 0 atom stereocenters. The summed E-state index contributed by atoms with van der Waals surface area (Å²) in [5.41, 5.74) is 7.10. The van der Waals surface area contributed by atoms with Gasteiger partial charge in [-0.3, -0.25) is 0 Å². The molecule has 3 aromatic carbocycles. The second-order valence-electron chi connectivity index (χ2n) is 5.56. The minimum atomic E-state index is 0.949. The third kappa shape index (κ3) is 1.85. The highest BCUT2D eigenvalue weighted by Gasteiger charge is 2.09. The lowest BCUT2D eigenvalue weighted by Crippen LogP contribution is -1.86. The Balaban J connectivity index is 2.02. The Morgan fingerprint density at radius 3 is 2.43 bits per heavy atom. The zero-order chi connectivity index (χ0) is 14.4. The molecular weight excluding hydrogens is 256 g/mol. The van der Waals surface area contributed by atoms with Gasteiger partial charge in [-0.25, -0.2) is 0 Å². The van der Waals surface area contributed by atoms with E-state index in [1.54, 1.807) is 0 Å². The predicted octanol–water partition coefficient (Wildman–Crippen LogP) is 5.87. The molecule has 0 aliphatic rings. The van der Waals surface area contributed by atoms with Crippen molar-refractivity contribution in [1.82, 2.24) is 0 Å². The maximum atomic E-state index is 5.90. The Labute approximate surface area is 123 Å². The van der Waals surface area contributed by atoms with Crippen LogP contribution >= 0.6 is 0 Å². The summed E-state index contributed by atoms with van der Waals surface area (Å²) in [6.07, 6.45) is 0. The molecule has 4 rings (SSSR count). The number of furan rings is 1. The smallest absolute Gasteiger partial charge is 0.135 e. The lowest BCUT2D eigenvalue weighted by atomic mass is 9.96. The van der Waals surface area contributed by atoms with E-state index in [2.05, 4.69) is 62.4 Å². The summed E-state index contributed by atoms with van der Waals surface area (Å²) in [5, 5.41) is 2.36. The van der Waals surface area contributed by atoms with Crippen LogP contribution in [0.1, 0.15) is 11.1 Å². The van der Waals surface area contributed by atoms with Gasteiger partial charge < -0.3 is 4.42 Å². The fourth-order valence-corrected chi connectivity index (χ4v) is 2.96. The van der Waals surface area contributed by atoms with Gasteiger partial charge in [-0.05, 0) is 54.3 Å². The maximum absolute atomic E-state index is 5.90. The first kappa shape index (κ1) is 12.2. The fraction of sp³-hybridized carbons (Fsp3) is 0.100. The zero-order valence-corrected chi connectivity index (χ0v) is 12.2. The van der Waals surface area contributed by atoms with Crippen LogP contribution in [0.3, 0.4) is 0 Å². The first-order valence-corrected chi connectivity index (χ1v) is 7.22. The molecule has 1 nitrogen and oxygen atoms in total. The van der Waals surface area contributed by atoms with Crippen LogP contribution in [-0.4, -0.2) is 0 Å². The standard InChI is InChI=1S/C20H16O/c1-13-6-5-8-16(14(13)2)15-10-11-20-18(12-15)17-7-3-4-9-19(17)21-20/h3-12H,1-2H3. The first-order chi connectivity index (χ1) is 10.2. The molecule has 0 saturated heterocycles. The molecule has 1 heterocycles. The number of fused-ring (bicyclic) bond motifs is 3. The Hall–Kier alpha value is -2.54. The number of para-hydroxylation sites is 1. The molecule has 0 N–H and O–H groups in total. The molecule has 0 saturated carbocycles. The Morgan fingerprint density at radius 1 is 0.714 bits per heavy atom. The van der Waals surface area contributed by atoms with Gasteiger partial charge in [0, 0.05) is 10.8 Å². The van der Waals surface area contributed by atoms with Crippen LogP contribution in [0.5, 0.6) is 0 Å². The van der Waals surface area contributed by atoms with Gasteiger partial charge in [-0.2, -0.15) is 0 Å². The van der Waals surface area contributed by atoms with E-state index in [1.807, 2.05) is 12.1 Å². The Bertz CT molecular complexity index is 960. The van der Waals surface area contributed by atoms with Crippen LogP contribution < -0.4 is 0 Å². The predicted molar refractivity (Wildman–Crippen MR) is 88.6 cm³/mol. The van der Waals surface area contributed by atoms with E-state index in [-0.39, 0.29) is 0 Å². The van der Waals surface area contributed by atoms with Crippen LogP contribution in [-0.2, 0) is 0 Å². The molecule has 0 bridgehead atoms. The van der Waals surface area contributed by atoms with Gasteiger partial charge in [-0.15, -0.1) is 0 Å². The Kier molecular flexibility index (Phi) is 2.61. The van der Waals surface area contributed by atoms with E-state index in [1.165, 1.54) is 33.0 Å². The summed E-state index contributed by atoms with van der Waals surface area (Å²) >= 11 is 0. The van der Waals surface area contributed by atoms with Gasteiger partial charge >= 0.3 is 0 Å². The van der Waals surface area contributed by atoms with Crippen molar-refractivity contribution in [2.24, 2.45) is 0 Å². The SMILES string of the molecule is Cc1cccc(-c2ccc3oc4ccccc4c3c2)c1C. The van der Waals surface area contributed by atoms with Crippen LogP contribution in [0.2, 0.25) is 0 Å². The molecule has 1 heteroatoms. The third-order valence-electron chi connectivity index (χ3n) is 4.29. The van der Waals surface area contributed by atoms with E-state index in [0.29, 0.717) is 0 Å². The van der Waals surface area contributed by atoms with Crippen molar-refractivity contribution in [2.45, 2.75) is 13.8 Å². The van der Waals surface area contributed by atoms with Gasteiger partial charge in [0.15, 0.2) is 0 Å². The highest BCUT2D eigenvalue weighted by atomic mass is 16.3. The molecule has 1 aromatic heterocycles. The van der Waals surface area contributed by atoms with E-state index in [4.69, 9.17) is 4.42 Å². The van der Waals surface area contributed by atoms with Crippen molar-refractivity contribution in [3.05, 3.63) is 71.8 Å². The summed E-state index contributed by atoms with van der Waals surface area (Å²) in [6.45, 7) is 4.34. The lowest BCUT2D eigenvalue weighted by Gasteiger charge is -2.08. The molecule has 0 spiro atoms. The fourth-order valence-electron chi connectivity index (χ4n) is 2.96. The quantitative estimate of drug-likeness (QED) is 0.422. The van der Waals surface area contributed by atoms with Crippen molar-refractivity contribution in [3.63, 3.8) is 0 Å². The van der Waals surface area contributed by atoms with Crippen LogP contribution in [0, 0.1) is 13.8 Å². The zero-order valence-electron chi connectivity index (χ0n) is 12.2. The molecule has 0 radical (unpaired) electrons. The van der Waals surface area contributed by atoms with Crippen LogP contribution in [0.4, 0.5) is 0 Å². The largest absolute Gasteiger partial charge is 0.456 e. The van der Waals surface area contributed by atoms with Crippen LogP contribution in [0.25, 0.3) is 33.1 Å². The van der Waals surface area contributed by atoms with Gasteiger partial charge in [0.1, 0.15) is 11.2 Å². The minimum absolute atomic E-state index is 0.949. The average Bonchev–Trinajstić information content (AvgIpc) is 2.88. The number of rotatable bonds is 1. The minimum Gasteiger partial charge on any atom is -0.456 e. The van der Waals surface area contributed by atoms with Crippen molar-refractivity contribution < 1.29 is 4.42 Å². The highest BCUT2D eigenvalue weighted by molar-refractivity contribution is 6.06. The van der Waals surface area contributed by atoms with Crippen molar-refractivity contribution >= 4 is 21.9 Å². The van der Waals surface area contributed by atoms with E-state index >= 15 is 0 Å². The monoisotopic (exact) mass is 272 g/mol. The highest BCUT2D eigenvalue weighted by Crippen LogP contribution is 2.33. The van der Waals surface area contributed by atoms with Gasteiger partial charge in [0.2, 0.25) is 0 Å². The summed E-state index contributed by atoms with van der Waals surface area (Å²) in [6, 6.07) is 21.1. The molecule has 102 valence electrons. The van der Waals surface area contributed by atoms with Gasteiger partial charge in [0.05, 0.1) is 0 Å². The molecule has 0 aliphatic carbocycles. The molecule has 21 heavy (non-hydrogen) atoms. The number of hydrogen-bond donors (Lipinski definition) is 0. The lowest BCUT2D eigenvalue weighted by molar-refractivity contribution is 0.669. The van der Waals surface area contributed by atoms with Gasteiger partial charge in [-0.1, -0.05) is 42.5 Å². The summed E-state index contributed by atoms with van der Waals surface area (Å²) < 4.78 is 5.90. The maximum Gasteiger partial charge on any atom is 0.135 e. The third-order valence-corrected chi connectivity index (χ3v) is 4.29. The summed E-state index contributed by atoms with van der Waals surface area (Å²) in [5.74, 6) is 0. The topological polar surface area (TPSA) is 13.1 Å². The van der Waals surface area contributed by atoms with Crippen molar-refractivity contribution in [1.29, 1.82) is 0 Å². The molecule has 0 unspecified atom stereocenters. The Morgan fingerprint density at radius 2 is 1.52 bits per heavy atom. The molecule has 0 amide bonds. The van der Waals surface area contributed by atoms with Crippen LogP contribution in [0.15, 0.2) is 65.1 Å². The molecule has 4 aromatic rings. The number of benzene rings is 3. The molecule has 0 aliphatic heterocycles. The normalized spacial score (nSPS) is 11.3. The van der Waals surface area contributed by atoms with E-state index < -0.39 is 0 Å².